The molecule has 1 aromatic carbocycles. The van der Waals surface area contributed by atoms with Crippen LogP contribution in [-0.2, 0) is 20.7 Å². The monoisotopic (exact) mass is 416 g/mol. The van der Waals surface area contributed by atoms with E-state index in [-0.39, 0.29) is 5.70 Å². The van der Waals surface area contributed by atoms with Gasteiger partial charge in [-0.05, 0) is 44.7 Å². The molecule has 2 heterocycles. The molecule has 29 heavy (non-hydrogen) atoms. The second-order valence-corrected chi connectivity index (χ2v) is 8.65. The average molecular weight is 416 g/mol. The molecule has 0 bridgehead atoms. The van der Waals surface area contributed by atoms with Crippen molar-refractivity contribution >= 4 is 35.1 Å². The van der Waals surface area contributed by atoms with Crippen molar-refractivity contribution in [3.63, 3.8) is 0 Å². The SMILES string of the molecule is CC(C)(C)OC(=O)N[C@@H]1C(=O)N2C(C(=O)O)=C(C(=S)Cc3ccccc3)CC[C@@H]12. The number of rotatable bonds is 5. The van der Waals surface area contributed by atoms with Crippen molar-refractivity contribution in [2.75, 3.05) is 0 Å². The molecule has 2 atom stereocenters. The number of alkyl carbamates (subject to hydrolysis) is 1. The third-order valence-electron chi connectivity index (χ3n) is 4.86. The van der Waals surface area contributed by atoms with Crippen LogP contribution in [0.1, 0.15) is 39.2 Å². The minimum absolute atomic E-state index is 0.0746. The first-order chi connectivity index (χ1) is 13.6. The quantitative estimate of drug-likeness (QED) is 0.566. The summed E-state index contributed by atoms with van der Waals surface area (Å²) in [5, 5.41) is 12.3. The Balaban J connectivity index is 1.77. The molecule has 3 rings (SSSR count). The second-order valence-electron chi connectivity index (χ2n) is 8.16. The van der Waals surface area contributed by atoms with E-state index in [1.165, 1.54) is 4.90 Å². The topological polar surface area (TPSA) is 95.9 Å². The van der Waals surface area contributed by atoms with Crippen LogP contribution in [0.5, 0.6) is 0 Å². The van der Waals surface area contributed by atoms with Crippen LogP contribution in [0.2, 0.25) is 0 Å². The van der Waals surface area contributed by atoms with E-state index in [1.54, 1.807) is 20.8 Å². The van der Waals surface area contributed by atoms with Crippen LogP contribution in [0.15, 0.2) is 41.6 Å². The highest BCUT2D eigenvalue weighted by atomic mass is 32.1. The lowest BCUT2D eigenvalue weighted by atomic mass is 9.82. The van der Waals surface area contributed by atoms with Crippen LogP contribution in [0, 0.1) is 0 Å². The Labute approximate surface area is 174 Å². The summed E-state index contributed by atoms with van der Waals surface area (Å²) in [5.74, 6) is -1.65. The number of nitrogens with one attached hydrogen (secondary N) is 1. The Hall–Kier alpha value is -2.74. The maximum atomic E-state index is 12.7. The van der Waals surface area contributed by atoms with Crippen LogP contribution in [0.4, 0.5) is 4.79 Å². The van der Waals surface area contributed by atoms with Gasteiger partial charge in [0.1, 0.15) is 17.3 Å². The first-order valence-electron chi connectivity index (χ1n) is 9.44. The van der Waals surface area contributed by atoms with E-state index in [0.29, 0.717) is 29.7 Å². The number of ether oxygens (including phenoxy) is 1. The van der Waals surface area contributed by atoms with Crippen LogP contribution in [0.25, 0.3) is 0 Å². The lowest BCUT2D eigenvalue weighted by Crippen LogP contribution is -2.72. The van der Waals surface area contributed by atoms with Gasteiger partial charge >= 0.3 is 12.1 Å². The summed E-state index contributed by atoms with van der Waals surface area (Å²) in [4.78, 5) is 38.4. The first-order valence-corrected chi connectivity index (χ1v) is 9.85. The zero-order valence-corrected chi connectivity index (χ0v) is 17.4. The van der Waals surface area contributed by atoms with Gasteiger partial charge in [-0.2, -0.15) is 0 Å². The van der Waals surface area contributed by atoms with Gasteiger partial charge in [0.25, 0.3) is 5.91 Å². The molecule has 2 aliphatic heterocycles. The predicted octanol–water partition coefficient (Wildman–Crippen LogP) is 2.84. The van der Waals surface area contributed by atoms with E-state index in [9.17, 15) is 19.5 Å². The van der Waals surface area contributed by atoms with Gasteiger partial charge < -0.3 is 15.2 Å². The number of aliphatic carboxylic acids is 1. The average Bonchev–Trinajstić information content (AvgIpc) is 2.64. The number of β-lactam (4-membered cyclic amide) rings is 1. The molecule has 1 saturated heterocycles. The molecule has 8 heteroatoms. The Bertz CT molecular complexity index is 888. The summed E-state index contributed by atoms with van der Waals surface area (Å²) in [5.41, 5.74) is 0.730. The molecule has 1 aromatic rings. The minimum Gasteiger partial charge on any atom is -0.477 e. The second kappa shape index (κ2) is 7.94. The number of thiocarbonyl (C=S) groups is 1. The Morgan fingerprint density at radius 2 is 1.93 bits per heavy atom. The van der Waals surface area contributed by atoms with E-state index in [0.717, 1.165) is 5.56 Å². The summed E-state index contributed by atoms with van der Waals surface area (Å²) in [7, 11) is 0. The highest BCUT2D eigenvalue weighted by Gasteiger charge is 2.54. The number of hydrogen-bond acceptors (Lipinski definition) is 5. The molecule has 0 saturated carbocycles. The fourth-order valence-electron chi connectivity index (χ4n) is 3.66. The van der Waals surface area contributed by atoms with Gasteiger partial charge in [-0.25, -0.2) is 9.59 Å². The van der Waals surface area contributed by atoms with Gasteiger partial charge in [0.15, 0.2) is 0 Å². The Morgan fingerprint density at radius 3 is 2.52 bits per heavy atom. The number of hydrogen-bond donors (Lipinski definition) is 2. The van der Waals surface area contributed by atoms with Crippen LogP contribution in [0.3, 0.4) is 0 Å². The molecule has 7 nitrogen and oxygen atoms in total. The first kappa shape index (κ1) is 21.0. The molecule has 1 fully saturated rings. The van der Waals surface area contributed by atoms with Crippen LogP contribution < -0.4 is 5.32 Å². The van der Waals surface area contributed by atoms with Crippen molar-refractivity contribution in [2.24, 2.45) is 0 Å². The zero-order valence-electron chi connectivity index (χ0n) is 16.6. The Kier molecular flexibility index (Phi) is 5.75. The molecule has 0 unspecified atom stereocenters. The highest BCUT2D eigenvalue weighted by molar-refractivity contribution is 7.80. The molecule has 154 valence electrons. The van der Waals surface area contributed by atoms with Crippen molar-refractivity contribution in [1.82, 2.24) is 10.2 Å². The van der Waals surface area contributed by atoms with Crippen molar-refractivity contribution in [3.05, 3.63) is 47.2 Å². The number of carboxylic acid groups (broad SMARTS) is 1. The van der Waals surface area contributed by atoms with E-state index in [2.05, 4.69) is 5.32 Å². The summed E-state index contributed by atoms with van der Waals surface area (Å²) >= 11 is 5.52. The van der Waals surface area contributed by atoms with Gasteiger partial charge in [-0.3, -0.25) is 9.69 Å². The standard InChI is InChI=1S/C21H24N2O5S/c1-21(2,3)28-20(27)22-16-14-10-9-13(17(19(25)26)23(14)18(16)24)15(29)11-12-7-5-4-6-8-12/h4-8,14,16H,9-11H2,1-3H3,(H,22,27)(H,25,26)/t14-,16-/m0/s1. The number of fused-ring (bicyclic) bond motifs is 1. The predicted molar refractivity (Wildman–Crippen MR) is 110 cm³/mol. The van der Waals surface area contributed by atoms with Crippen molar-refractivity contribution < 1.29 is 24.2 Å². The number of benzene rings is 1. The molecule has 2 N–H and O–H groups in total. The third-order valence-corrected chi connectivity index (χ3v) is 5.25. The largest absolute Gasteiger partial charge is 0.477 e. The van der Waals surface area contributed by atoms with Gasteiger partial charge in [0.05, 0.1) is 6.04 Å². The smallest absolute Gasteiger partial charge is 0.408 e. The molecular weight excluding hydrogens is 392 g/mol. The number of allylic oxidation sites excluding steroid dienone is 1. The van der Waals surface area contributed by atoms with E-state index in [1.807, 2.05) is 30.3 Å². The molecule has 0 spiro atoms. The number of carboxylic acids is 1. The molecule has 2 amide bonds. The normalized spacial score (nSPS) is 21.2. The van der Waals surface area contributed by atoms with E-state index < -0.39 is 35.7 Å². The fraction of sp³-hybridized carbons (Fsp3) is 0.429. The molecule has 0 aliphatic carbocycles. The third kappa shape index (κ3) is 4.48. The van der Waals surface area contributed by atoms with Crippen LogP contribution in [-0.4, -0.2) is 50.5 Å². The molecule has 0 radical (unpaired) electrons. The number of carbonyl (C=O) groups is 3. The lowest BCUT2D eigenvalue weighted by Gasteiger charge is -2.50. The molecular formula is C21H24N2O5S. The minimum atomic E-state index is -1.19. The lowest BCUT2D eigenvalue weighted by molar-refractivity contribution is -0.154. The highest BCUT2D eigenvalue weighted by Crippen LogP contribution is 2.37. The summed E-state index contributed by atoms with van der Waals surface area (Å²) in [6, 6.07) is 8.34. The maximum Gasteiger partial charge on any atom is 0.408 e. The van der Waals surface area contributed by atoms with Crippen molar-refractivity contribution in [3.8, 4) is 0 Å². The van der Waals surface area contributed by atoms with Gasteiger partial charge in [0, 0.05) is 11.3 Å². The number of carbonyl (C=O) groups excluding carboxylic acids is 2. The van der Waals surface area contributed by atoms with Gasteiger partial charge in [0.2, 0.25) is 0 Å². The van der Waals surface area contributed by atoms with Gasteiger partial charge in [-0.1, -0.05) is 42.5 Å². The summed E-state index contributed by atoms with van der Waals surface area (Å²) in [6.45, 7) is 5.19. The van der Waals surface area contributed by atoms with E-state index >= 15 is 0 Å². The fourth-order valence-corrected chi connectivity index (χ4v) is 4.02. The molecule has 2 aliphatic rings. The van der Waals surface area contributed by atoms with Gasteiger partial charge in [-0.15, -0.1) is 0 Å². The Morgan fingerprint density at radius 1 is 1.28 bits per heavy atom. The zero-order chi connectivity index (χ0) is 21.3. The van der Waals surface area contributed by atoms with Crippen molar-refractivity contribution in [1.29, 1.82) is 0 Å². The summed E-state index contributed by atoms with van der Waals surface area (Å²) < 4.78 is 5.20. The number of amides is 2. The maximum absolute atomic E-state index is 12.7. The summed E-state index contributed by atoms with van der Waals surface area (Å²) in [6.07, 6.45) is 0.706. The van der Waals surface area contributed by atoms with Crippen molar-refractivity contribution in [2.45, 2.75) is 57.7 Å². The number of nitrogens with zero attached hydrogens (tertiary/aromatic N) is 1. The van der Waals surface area contributed by atoms with Crippen LogP contribution >= 0.6 is 12.2 Å². The molecule has 0 aromatic heterocycles. The van der Waals surface area contributed by atoms with E-state index in [4.69, 9.17) is 17.0 Å².